The minimum absolute atomic E-state index is 0.0899. The number of alkyl halides is 4. The largest absolute Gasteiger partial charge is 0.461 e. The lowest BCUT2D eigenvalue weighted by Crippen LogP contribution is -2.33. The molecule has 0 aliphatic carbocycles. The summed E-state index contributed by atoms with van der Waals surface area (Å²) >= 11 is 1.01. The fourth-order valence-electron chi connectivity index (χ4n) is 1.11. The van der Waals surface area contributed by atoms with Crippen molar-refractivity contribution in [2.75, 3.05) is 5.75 Å². The van der Waals surface area contributed by atoms with Crippen LogP contribution in [-0.2, 0) is 4.79 Å². The Morgan fingerprint density at radius 3 is 2.75 bits per heavy atom. The molecule has 1 rings (SSSR count). The van der Waals surface area contributed by atoms with Crippen LogP contribution in [0.5, 0.6) is 5.75 Å². The highest BCUT2D eigenvalue weighted by molar-refractivity contribution is 8.13. The van der Waals surface area contributed by atoms with Gasteiger partial charge in [0.1, 0.15) is 5.75 Å². The van der Waals surface area contributed by atoms with E-state index < -0.39 is 18.3 Å². The van der Waals surface area contributed by atoms with Crippen LogP contribution in [0.1, 0.15) is 12.5 Å². The number of hydrogen-bond acceptors (Lipinski definition) is 3. The summed E-state index contributed by atoms with van der Waals surface area (Å²) in [4.78, 5) is 10.7. The maximum atomic E-state index is 12.7. The molecule has 0 atom stereocenters. The average molecular weight is 306 g/mol. The lowest BCUT2D eigenvalue weighted by atomic mass is 10.2. The first-order valence-electron chi connectivity index (χ1n) is 5.38. The highest BCUT2D eigenvalue weighted by Gasteiger charge is 2.43. The smallest absolute Gasteiger partial charge is 0.428 e. The molecule has 2 nitrogen and oxygen atoms in total. The van der Waals surface area contributed by atoms with Crippen molar-refractivity contribution < 1.29 is 27.1 Å². The molecule has 0 amide bonds. The summed E-state index contributed by atoms with van der Waals surface area (Å²) in [5.74, 6) is 5.12. The van der Waals surface area contributed by atoms with E-state index in [1.165, 1.54) is 19.1 Å². The second kappa shape index (κ2) is 7.20. The van der Waals surface area contributed by atoms with Crippen LogP contribution in [0.25, 0.3) is 0 Å². The molecule has 0 aliphatic rings. The van der Waals surface area contributed by atoms with Crippen molar-refractivity contribution in [1.82, 2.24) is 0 Å². The predicted molar refractivity (Wildman–Crippen MR) is 68.0 cm³/mol. The summed E-state index contributed by atoms with van der Waals surface area (Å²) in [6.45, 7) is 1.40. The van der Waals surface area contributed by atoms with E-state index in [1.54, 1.807) is 0 Å². The van der Waals surface area contributed by atoms with Crippen molar-refractivity contribution in [3.8, 4) is 17.6 Å². The van der Waals surface area contributed by atoms with E-state index in [-0.39, 0.29) is 10.9 Å². The van der Waals surface area contributed by atoms with Crippen molar-refractivity contribution >= 4 is 16.9 Å². The molecule has 0 saturated carbocycles. The van der Waals surface area contributed by atoms with Crippen LogP contribution in [0.4, 0.5) is 17.6 Å². The van der Waals surface area contributed by atoms with Crippen LogP contribution >= 0.6 is 11.8 Å². The number of halogens is 4. The molecule has 0 bridgehead atoms. The van der Waals surface area contributed by atoms with Crippen molar-refractivity contribution in [1.29, 1.82) is 0 Å². The van der Waals surface area contributed by atoms with Crippen LogP contribution in [-0.4, -0.2) is 23.4 Å². The number of rotatable bonds is 4. The molecule has 0 N–H and O–H groups in total. The summed E-state index contributed by atoms with van der Waals surface area (Å²) in [7, 11) is 0. The van der Waals surface area contributed by atoms with Crippen molar-refractivity contribution in [2.45, 2.75) is 19.5 Å². The SMILES string of the molecule is CC(=O)SCC#Cc1cccc(OC(F)(F)C(F)F)c1. The van der Waals surface area contributed by atoms with Gasteiger partial charge in [-0.05, 0) is 18.2 Å². The maximum Gasteiger partial charge on any atom is 0.461 e. The number of carbonyl (C=O) groups is 1. The van der Waals surface area contributed by atoms with Gasteiger partial charge in [0.2, 0.25) is 0 Å². The molecule has 0 spiro atoms. The highest BCUT2D eigenvalue weighted by Crippen LogP contribution is 2.27. The normalized spacial score (nSPS) is 10.9. The van der Waals surface area contributed by atoms with E-state index in [0.29, 0.717) is 5.56 Å². The number of thioether (sulfide) groups is 1. The minimum Gasteiger partial charge on any atom is -0.428 e. The van der Waals surface area contributed by atoms with Gasteiger partial charge in [0.25, 0.3) is 0 Å². The Bertz CT molecular complexity index is 535. The van der Waals surface area contributed by atoms with Crippen LogP contribution in [0, 0.1) is 11.8 Å². The van der Waals surface area contributed by atoms with Crippen LogP contribution in [0.2, 0.25) is 0 Å². The number of hydrogen-bond donors (Lipinski definition) is 0. The average Bonchev–Trinajstić information content (AvgIpc) is 2.34. The van der Waals surface area contributed by atoms with Crippen molar-refractivity contribution in [2.24, 2.45) is 0 Å². The van der Waals surface area contributed by atoms with E-state index in [1.807, 2.05) is 0 Å². The topological polar surface area (TPSA) is 26.3 Å². The molecule has 1 aromatic carbocycles. The molecule has 0 heterocycles. The zero-order valence-corrected chi connectivity index (χ0v) is 11.1. The Balaban J connectivity index is 2.73. The van der Waals surface area contributed by atoms with Gasteiger partial charge in [-0.15, -0.1) is 0 Å². The monoisotopic (exact) mass is 306 g/mol. The number of carbonyl (C=O) groups excluding carboxylic acids is 1. The van der Waals surface area contributed by atoms with Gasteiger partial charge < -0.3 is 4.74 Å². The summed E-state index contributed by atoms with van der Waals surface area (Å²) in [6, 6.07) is 5.13. The molecular weight excluding hydrogens is 296 g/mol. The Morgan fingerprint density at radius 2 is 2.15 bits per heavy atom. The van der Waals surface area contributed by atoms with Gasteiger partial charge in [0.05, 0.1) is 5.75 Å². The Kier molecular flexibility index (Phi) is 5.89. The third kappa shape index (κ3) is 5.53. The van der Waals surface area contributed by atoms with E-state index >= 15 is 0 Å². The fraction of sp³-hybridized carbons (Fsp3) is 0.308. The third-order valence-electron chi connectivity index (χ3n) is 1.92. The molecule has 1 aromatic rings. The Morgan fingerprint density at radius 1 is 1.45 bits per heavy atom. The molecular formula is C13H10F4O2S. The second-order valence-electron chi connectivity index (χ2n) is 3.57. The molecule has 0 saturated heterocycles. The standard InChI is InChI=1S/C13H10F4O2S/c1-9(18)20-7-3-5-10-4-2-6-11(8-10)19-13(16,17)12(14)15/h2,4,6,8,12H,7H2,1H3. The first-order chi connectivity index (χ1) is 9.31. The fourth-order valence-corrected chi connectivity index (χ4v) is 1.46. The van der Waals surface area contributed by atoms with Crippen molar-refractivity contribution in [3.05, 3.63) is 29.8 Å². The number of benzene rings is 1. The second-order valence-corrected chi connectivity index (χ2v) is 4.73. The van der Waals surface area contributed by atoms with Gasteiger partial charge >= 0.3 is 12.5 Å². The van der Waals surface area contributed by atoms with Gasteiger partial charge in [0.15, 0.2) is 5.12 Å². The molecule has 0 fully saturated rings. The lowest BCUT2D eigenvalue weighted by molar-refractivity contribution is -0.253. The first kappa shape index (κ1) is 16.4. The van der Waals surface area contributed by atoms with E-state index in [9.17, 15) is 22.4 Å². The van der Waals surface area contributed by atoms with Crippen molar-refractivity contribution in [3.63, 3.8) is 0 Å². The van der Waals surface area contributed by atoms with E-state index in [2.05, 4.69) is 16.6 Å². The van der Waals surface area contributed by atoms with Gasteiger partial charge in [-0.3, -0.25) is 4.79 Å². The van der Waals surface area contributed by atoms with Crippen LogP contribution in [0.15, 0.2) is 24.3 Å². The lowest BCUT2D eigenvalue weighted by Gasteiger charge is -2.16. The zero-order chi connectivity index (χ0) is 15.2. The van der Waals surface area contributed by atoms with Gasteiger partial charge in [-0.2, -0.15) is 17.6 Å². The molecule has 7 heteroatoms. The summed E-state index contributed by atoms with van der Waals surface area (Å²) in [5.41, 5.74) is 0.330. The van der Waals surface area contributed by atoms with Crippen LogP contribution < -0.4 is 4.74 Å². The Labute approximate surface area is 117 Å². The molecule has 0 aliphatic heterocycles. The molecule has 0 aromatic heterocycles. The number of ether oxygens (including phenoxy) is 1. The zero-order valence-electron chi connectivity index (χ0n) is 10.3. The predicted octanol–water partition coefficient (Wildman–Crippen LogP) is 3.55. The molecule has 0 unspecified atom stereocenters. The maximum absolute atomic E-state index is 12.7. The first-order valence-corrected chi connectivity index (χ1v) is 6.37. The Hall–Kier alpha value is -1.68. The highest BCUT2D eigenvalue weighted by atomic mass is 32.2. The third-order valence-corrected chi connectivity index (χ3v) is 2.62. The van der Waals surface area contributed by atoms with E-state index in [0.717, 1.165) is 23.9 Å². The molecule has 20 heavy (non-hydrogen) atoms. The molecule has 0 radical (unpaired) electrons. The molecule has 108 valence electrons. The summed E-state index contributed by atoms with van der Waals surface area (Å²) in [6.07, 6.45) is -8.46. The minimum atomic E-state index is -4.55. The summed E-state index contributed by atoms with van der Waals surface area (Å²) < 4.78 is 53.3. The van der Waals surface area contributed by atoms with Gasteiger partial charge in [-0.1, -0.05) is 29.7 Å². The summed E-state index contributed by atoms with van der Waals surface area (Å²) in [5, 5.41) is -0.0899. The van der Waals surface area contributed by atoms with E-state index in [4.69, 9.17) is 0 Å². The van der Waals surface area contributed by atoms with Gasteiger partial charge in [-0.25, -0.2) is 0 Å². The quantitative estimate of drug-likeness (QED) is 0.628. The van der Waals surface area contributed by atoms with Gasteiger partial charge in [0, 0.05) is 12.5 Å². The van der Waals surface area contributed by atoms with Crippen LogP contribution in [0.3, 0.4) is 0 Å².